The predicted molar refractivity (Wildman–Crippen MR) is 133 cm³/mol. The number of rotatable bonds is 3. The van der Waals surface area contributed by atoms with E-state index in [1.165, 1.54) is 0 Å². The highest BCUT2D eigenvalue weighted by Crippen LogP contribution is 2.25. The molecule has 180 valence electrons. The maximum Gasteiger partial charge on any atom is 0.410 e. The van der Waals surface area contributed by atoms with E-state index in [-0.39, 0.29) is 6.09 Å². The molecule has 0 aliphatic carbocycles. The molecule has 2 aromatic carbocycles. The molecule has 3 N–H and O–H groups in total. The van der Waals surface area contributed by atoms with Crippen molar-refractivity contribution in [1.82, 2.24) is 10.2 Å². The molecule has 2 aliphatic rings. The van der Waals surface area contributed by atoms with E-state index >= 15 is 0 Å². The van der Waals surface area contributed by atoms with Gasteiger partial charge in [-0.05, 0) is 44.0 Å². The Hall–Kier alpha value is -3.32. The Morgan fingerprint density at radius 1 is 1.12 bits per heavy atom. The molecule has 2 fully saturated rings. The van der Waals surface area contributed by atoms with Gasteiger partial charge >= 0.3 is 12.2 Å². The van der Waals surface area contributed by atoms with E-state index < -0.39 is 6.09 Å². The number of ether oxygens (including phenoxy) is 1. The number of nitrogens with one attached hydrogen (secondary N) is 2. The Morgan fingerprint density at radius 3 is 2.27 bits per heavy atom. The number of hydrogen-bond donors (Lipinski definition) is 3. The van der Waals surface area contributed by atoms with Crippen LogP contribution in [0.4, 0.5) is 15.3 Å². The Morgan fingerprint density at radius 2 is 1.70 bits per heavy atom. The fourth-order valence-electron chi connectivity index (χ4n) is 3.54. The standard InChI is InChI=1S/C14H18N2O2.C7H7NO2.C3H6.C2H6/c17-14(18-10-11-4-2-1-3-5-11)16-9-7-12-13(16)6-8-15-12;9-7(10)8-6-4-2-1-3-5-6;1-3-2;1-2/h1-5,12-13,15H,6-10H2;1-5,8H,(H,9,10);3H,1H2,2H3;1-2H3. The van der Waals surface area contributed by atoms with Crippen molar-refractivity contribution in [3.8, 4) is 0 Å². The average Bonchev–Trinajstić information content (AvgIpc) is 3.45. The molecule has 7 heteroatoms. The van der Waals surface area contributed by atoms with Gasteiger partial charge in [-0.2, -0.15) is 0 Å². The number of carboxylic acid groups (broad SMARTS) is 1. The van der Waals surface area contributed by atoms with Crippen LogP contribution in [-0.4, -0.2) is 47.4 Å². The summed E-state index contributed by atoms with van der Waals surface area (Å²) in [6.07, 6.45) is 2.64. The molecule has 0 spiro atoms. The van der Waals surface area contributed by atoms with Crippen molar-refractivity contribution in [3.05, 3.63) is 78.9 Å². The molecular weight excluding hydrogens is 418 g/mol. The smallest absolute Gasteiger partial charge is 0.410 e. The number of anilines is 1. The van der Waals surface area contributed by atoms with Gasteiger partial charge in [0.25, 0.3) is 0 Å². The maximum atomic E-state index is 12.0. The minimum atomic E-state index is -1.04. The van der Waals surface area contributed by atoms with E-state index in [1.807, 2.05) is 62.1 Å². The van der Waals surface area contributed by atoms with Crippen molar-refractivity contribution < 1.29 is 19.4 Å². The second-order valence-corrected chi connectivity index (χ2v) is 7.14. The molecule has 2 atom stereocenters. The van der Waals surface area contributed by atoms with E-state index in [1.54, 1.807) is 30.3 Å². The van der Waals surface area contributed by atoms with Crippen molar-refractivity contribution in [3.63, 3.8) is 0 Å². The number of para-hydroxylation sites is 1. The van der Waals surface area contributed by atoms with Gasteiger partial charge in [0.2, 0.25) is 0 Å². The first kappa shape index (κ1) is 27.7. The van der Waals surface area contributed by atoms with Crippen LogP contribution in [0.5, 0.6) is 0 Å². The van der Waals surface area contributed by atoms with Crippen LogP contribution in [0.3, 0.4) is 0 Å². The number of carbonyl (C=O) groups is 2. The normalized spacial score (nSPS) is 17.5. The summed E-state index contributed by atoms with van der Waals surface area (Å²) < 4.78 is 5.38. The Bertz CT molecular complexity index is 815. The first-order valence-electron chi connectivity index (χ1n) is 11.4. The van der Waals surface area contributed by atoms with Crippen molar-refractivity contribution in [2.45, 2.75) is 52.3 Å². The summed E-state index contributed by atoms with van der Waals surface area (Å²) in [7, 11) is 0. The fourth-order valence-corrected chi connectivity index (χ4v) is 3.54. The summed E-state index contributed by atoms with van der Waals surface area (Å²) in [5, 5.41) is 13.9. The summed E-state index contributed by atoms with van der Waals surface area (Å²) in [4.78, 5) is 24.0. The zero-order chi connectivity index (χ0) is 24.5. The zero-order valence-electron chi connectivity index (χ0n) is 19.9. The highest BCUT2D eigenvalue weighted by molar-refractivity contribution is 5.82. The third-order valence-corrected chi connectivity index (χ3v) is 4.86. The number of carbonyl (C=O) groups excluding carboxylic acids is 1. The van der Waals surface area contributed by atoms with Gasteiger partial charge in [0, 0.05) is 18.3 Å². The number of allylic oxidation sites excluding steroid dienone is 1. The molecule has 0 bridgehead atoms. The molecule has 0 saturated carbocycles. The van der Waals surface area contributed by atoms with Gasteiger partial charge in [-0.1, -0.05) is 68.5 Å². The Kier molecular flexibility index (Phi) is 13.7. The van der Waals surface area contributed by atoms with E-state index in [0.717, 1.165) is 31.5 Å². The zero-order valence-corrected chi connectivity index (χ0v) is 19.9. The van der Waals surface area contributed by atoms with Crippen molar-refractivity contribution in [1.29, 1.82) is 0 Å². The lowest BCUT2D eigenvalue weighted by molar-refractivity contribution is 0.0922. The minimum Gasteiger partial charge on any atom is -0.465 e. The summed E-state index contributed by atoms with van der Waals surface area (Å²) in [6, 6.07) is 19.4. The lowest BCUT2D eigenvalue weighted by Crippen LogP contribution is -2.38. The van der Waals surface area contributed by atoms with Gasteiger partial charge in [0.05, 0.1) is 6.04 Å². The van der Waals surface area contributed by atoms with Crippen molar-refractivity contribution in [2.75, 3.05) is 18.4 Å². The van der Waals surface area contributed by atoms with Gasteiger partial charge in [-0.25, -0.2) is 9.59 Å². The number of hydrogen-bond acceptors (Lipinski definition) is 4. The van der Waals surface area contributed by atoms with Crippen LogP contribution >= 0.6 is 0 Å². The molecule has 2 unspecified atom stereocenters. The fraction of sp³-hybridized carbons (Fsp3) is 0.385. The van der Waals surface area contributed by atoms with Crippen LogP contribution in [0.2, 0.25) is 0 Å². The predicted octanol–water partition coefficient (Wildman–Crippen LogP) is 5.75. The van der Waals surface area contributed by atoms with Crippen LogP contribution in [0.15, 0.2) is 73.3 Å². The third-order valence-electron chi connectivity index (χ3n) is 4.86. The second kappa shape index (κ2) is 16.3. The maximum absolute atomic E-state index is 12.0. The summed E-state index contributed by atoms with van der Waals surface area (Å²) >= 11 is 0. The van der Waals surface area contributed by atoms with Gasteiger partial charge in [-0.15, -0.1) is 6.58 Å². The first-order valence-corrected chi connectivity index (χ1v) is 11.4. The molecule has 0 aromatic heterocycles. The van der Waals surface area contributed by atoms with Crippen LogP contribution < -0.4 is 10.6 Å². The van der Waals surface area contributed by atoms with Crippen LogP contribution in [0.1, 0.15) is 39.2 Å². The molecule has 2 heterocycles. The van der Waals surface area contributed by atoms with Gasteiger partial charge in [-0.3, -0.25) is 5.32 Å². The monoisotopic (exact) mass is 455 g/mol. The lowest BCUT2D eigenvalue weighted by Gasteiger charge is -2.22. The molecule has 0 radical (unpaired) electrons. The average molecular weight is 456 g/mol. The topological polar surface area (TPSA) is 90.9 Å². The first-order chi connectivity index (χ1) is 16.0. The van der Waals surface area contributed by atoms with E-state index in [2.05, 4.69) is 17.2 Å². The quantitative estimate of drug-likeness (QED) is 0.512. The van der Waals surface area contributed by atoms with Gasteiger partial charge < -0.3 is 20.1 Å². The van der Waals surface area contributed by atoms with Crippen molar-refractivity contribution in [2.24, 2.45) is 0 Å². The molecule has 4 rings (SSSR count). The van der Waals surface area contributed by atoms with Crippen LogP contribution in [0, 0.1) is 0 Å². The highest BCUT2D eigenvalue weighted by Gasteiger charge is 2.40. The molecule has 2 saturated heterocycles. The Balaban J connectivity index is 0.000000308. The molecule has 2 aliphatic heterocycles. The molecular formula is C26H37N3O4. The summed E-state index contributed by atoms with van der Waals surface area (Å²) in [6.45, 7) is 11.4. The summed E-state index contributed by atoms with van der Waals surface area (Å²) in [5.74, 6) is 0. The van der Waals surface area contributed by atoms with Crippen LogP contribution in [-0.2, 0) is 11.3 Å². The highest BCUT2D eigenvalue weighted by atomic mass is 16.6. The SMILES string of the molecule is C=CC.CC.O=C(O)Nc1ccccc1.O=C(OCc1ccccc1)N1CCC2NCCC21. The van der Waals surface area contributed by atoms with Crippen molar-refractivity contribution >= 4 is 17.9 Å². The molecule has 33 heavy (non-hydrogen) atoms. The minimum absolute atomic E-state index is 0.171. The molecule has 2 aromatic rings. The molecule has 7 nitrogen and oxygen atoms in total. The number of benzene rings is 2. The number of likely N-dealkylation sites (tertiary alicyclic amines) is 1. The summed E-state index contributed by atoms with van der Waals surface area (Å²) in [5.41, 5.74) is 1.63. The van der Waals surface area contributed by atoms with E-state index in [0.29, 0.717) is 24.4 Å². The lowest BCUT2D eigenvalue weighted by atomic mass is 10.1. The van der Waals surface area contributed by atoms with Gasteiger partial charge in [0.15, 0.2) is 0 Å². The number of nitrogens with zero attached hydrogens (tertiary/aromatic N) is 1. The third kappa shape index (κ3) is 10.2. The number of amides is 2. The number of fused-ring (bicyclic) bond motifs is 1. The second-order valence-electron chi connectivity index (χ2n) is 7.14. The van der Waals surface area contributed by atoms with Gasteiger partial charge in [0.1, 0.15) is 6.61 Å². The molecule has 2 amide bonds. The Labute approximate surface area is 197 Å². The largest absolute Gasteiger partial charge is 0.465 e. The van der Waals surface area contributed by atoms with E-state index in [4.69, 9.17) is 9.84 Å². The van der Waals surface area contributed by atoms with E-state index in [9.17, 15) is 9.59 Å². The van der Waals surface area contributed by atoms with Crippen LogP contribution in [0.25, 0.3) is 0 Å².